The van der Waals surface area contributed by atoms with Crippen LogP contribution in [-0.2, 0) is 10.2 Å². The minimum absolute atomic E-state index is 0.0442. The number of thiazole rings is 1. The van der Waals surface area contributed by atoms with Gasteiger partial charge in [-0.05, 0) is 17.5 Å². The van der Waals surface area contributed by atoms with Crippen LogP contribution in [0.2, 0.25) is 0 Å². The fourth-order valence-electron chi connectivity index (χ4n) is 2.30. The molecular weight excluding hydrogens is 316 g/mol. The van der Waals surface area contributed by atoms with E-state index in [2.05, 4.69) is 30.6 Å². The lowest BCUT2D eigenvalue weighted by Crippen LogP contribution is -2.14. The van der Waals surface area contributed by atoms with Crippen LogP contribution in [0, 0.1) is 0 Å². The van der Waals surface area contributed by atoms with Crippen LogP contribution in [0.25, 0.3) is 21.6 Å². The largest absolute Gasteiger partial charge is 0.478 e. The zero-order chi connectivity index (χ0) is 15.9. The van der Waals surface area contributed by atoms with Crippen LogP contribution >= 0.6 is 22.7 Å². The van der Waals surface area contributed by atoms with Crippen molar-refractivity contribution in [1.82, 2.24) is 9.38 Å². The Balaban J connectivity index is 2.30. The quantitative estimate of drug-likeness (QED) is 0.718. The second-order valence-corrected chi connectivity index (χ2v) is 7.77. The van der Waals surface area contributed by atoms with E-state index < -0.39 is 5.97 Å². The molecule has 0 amide bonds. The van der Waals surface area contributed by atoms with Gasteiger partial charge < -0.3 is 5.11 Å². The maximum atomic E-state index is 10.9. The van der Waals surface area contributed by atoms with Crippen molar-refractivity contribution in [2.24, 2.45) is 0 Å². The van der Waals surface area contributed by atoms with Gasteiger partial charge in [-0.3, -0.25) is 4.40 Å². The highest BCUT2D eigenvalue weighted by molar-refractivity contribution is 7.15. The van der Waals surface area contributed by atoms with Crippen molar-refractivity contribution >= 4 is 39.7 Å². The first-order chi connectivity index (χ1) is 10.4. The SMILES string of the molecule is CC(C)(C)c1csc2nc(-c3cccs3)c(/C=C/C(=O)O)n12. The molecule has 3 rings (SSSR count). The number of hydrogen-bond donors (Lipinski definition) is 1. The van der Waals surface area contributed by atoms with Crippen LogP contribution in [0.4, 0.5) is 0 Å². The summed E-state index contributed by atoms with van der Waals surface area (Å²) in [7, 11) is 0. The predicted octanol–water partition coefficient (Wildman–Crippen LogP) is 4.52. The molecule has 3 aromatic rings. The molecule has 0 radical (unpaired) electrons. The lowest BCUT2D eigenvalue weighted by Gasteiger charge is -2.18. The molecule has 0 aromatic carbocycles. The van der Waals surface area contributed by atoms with Gasteiger partial charge in [-0.1, -0.05) is 26.8 Å². The van der Waals surface area contributed by atoms with Crippen LogP contribution in [0.1, 0.15) is 32.2 Å². The fourth-order valence-corrected chi connectivity index (χ4v) is 4.14. The minimum atomic E-state index is -0.959. The van der Waals surface area contributed by atoms with E-state index in [1.807, 2.05) is 17.5 Å². The molecule has 0 aliphatic heterocycles. The van der Waals surface area contributed by atoms with Gasteiger partial charge in [0, 0.05) is 22.6 Å². The van der Waals surface area contributed by atoms with E-state index in [1.165, 1.54) is 6.08 Å². The van der Waals surface area contributed by atoms with Crippen molar-refractivity contribution in [3.05, 3.63) is 40.4 Å². The monoisotopic (exact) mass is 332 g/mol. The lowest BCUT2D eigenvalue weighted by molar-refractivity contribution is -0.131. The van der Waals surface area contributed by atoms with E-state index in [1.54, 1.807) is 28.7 Å². The van der Waals surface area contributed by atoms with Crippen LogP contribution in [-0.4, -0.2) is 20.5 Å². The third-order valence-electron chi connectivity index (χ3n) is 3.31. The molecule has 0 saturated carbocycles. The van der Waals surface area contributed by atoms with E-state index in [-0.39, 0.29) is 5.41 Å². The Labute approximate surface area is 136 Å². The molecular formula is C16H16N2O2S2. The number of fused-ring (bicyclic) bond motifs is 1. The minimum Gasteiger partial charge on any atom is -0.478 e. The molecule has 0 fully saturated rings. The highest BCUT2D eigenvalue weighted by Crippen LogP contribution is 2.35. The fraction of sp³-hybridized carbons (Fsp3) is 0.250. The van der Waals surface area contributed by atoms with Crippen molar-refractivity contribution in [2.75, 3.05) is 0 Å². The number of aliphatic carboxylic acids is 1. The summed E-state index contributed by atoms with van der Waals surface area (Å²) >= 11 is 3.19. The van der Waals surface area contributed by atoms with Gasteiger partial charge >= 0.3 is 5.97 Å². The lowest BCUT2D eigenvalue weighted by atomic mass is 9.93. The van der Waals surface area contributed by atoms with E-state index in [0.717, 1.165) is 26.9 Å². The average Bonchev–Trinajstić information content (AvgIpc) is 3.10. The van der Waals surface area contributed by atoms with E-state index in [0.29, 0.717) is 0 Å². The molecule has 0 unspecified atom stereocenters. The predicted molar refractivity (Wildman–Crippen MR) is 91.8 cm³/mol. The molecule has 0 spiro atoms. The van der Waals surface area contributed by atoms with E-state index in [9.17, 15) is 4.79 Å². The van der Waals surface area contributed by atoms with E-state index in [4.69, 9.17) is 10.1 Å². The number of carboxylic acids is 1. The first-order valence-corrected chi connectivity index (χ1v) is 8.59. The average molecular weight is 332 g/mol. The molecule has 6 heteroatoms. The number of hydrogen-bond acceptors (Lipinski definition) is 4. The summed E-state index contributed by atoms with van der Waals surface area (Å²) in [6.07, 6.45) is 2.81. The molecule has 0 bridgehead atoms. The molecule has 22 heavy (non-hydrogen) atoms. The topological polar surface area (TPSA) is 54.6 Å². The van der Waals surface area contributed by atoms with Crippen molar-refractivity contribution < 1.29 is 9.90 Å². The zero-order valence-corrected chi connectivity index (χ0v) is 14.2. The van der Waals surface area contributed by atoms with Crippen LogP contribution in [0.15, 0.2) is 29.0 Å². The molecule has 114 valence electrons. The maximum absolute atomic E-state index is 10.9. The van der Waals surface area contributed by atoms with Crippen molar-refractivity contribution in [3.63, 3.8) is 0 Å². The van der Waals surface area contributed by atoms with Gasteiger partial charge in [-0.2, -0.15) is 0 Å². The highest BCUT2D eigenvalue weighted by Gasteiger charge is 2.23. The third-order valence-corrected chi connectivity index (χ3v) is 5.01. The molecule has 0 aliphatic rings. The molecule has 3 heterocycles. The Hall–Kier alpha value is -1.92. The smallest absolute Gasteiger partial charge is 0.328 e. The van der Waals surface area contributed by atoms with Gasteiger partial charge in [0.25, 0.3) is 0 Å². The zero-order valence-electron chi connectivity index (χ0n) is 12.5. The molecule has 3 aromatic heterocycles. The van der Waals surface area contributed by atoms with Crippen molar-refractivity contribution in [2.45, 2.75) is 26.2 Å². The number of carboxylic acid groups (broad SMARTS) is 1. The van der Waals surface area contributed by atoms with Gasteiger partial charge in [0.15, 0.2) is 4.96 Å². The molecule has 0 atom stereocenters. The second-order valence-electron chi connectivity index (χ2n) is 5.98. The van der Waals surface area contributed by atoms with Gasteiger partial charge in [0.05, 0.1) is 10.6 Å². The molecule has 0 saturated heterocycles. The summed E-state index contributed by atoms with van der Waals surface area (Å²) in [5.41, 5.74) is 2.75. The Morgan fingerprint density at radius 1 is 1.36 bits per heavy atom. The summed E-state index contributed by atoms with van der Waals surface area (Å²) in [6, 6.07) is 3.98. The van der Waals surface area contributed by atoms with Gasteiger partial charge in [0.1, 0.15) is 5.69 Å². The normalized spacial score (nSPS) is 12.5. The van der Waals surface area contributed by atoms with Crippen LogP contribution in [0.3, 0.4) is 0 Å². The first-order valence-electron chi connectivity index (χ1n) is 6.83. The van der Waals surface area contributed by atoms with Gasteiger partial charge in [-0.15, -0.1) is 22.7 Å². The molecule has 0 aliphatic carbocycles. The summed E-state index contributed by atoms with van der Waals surface area (Å²) < 4.78 is 2.07. The Kier molecular flexibility index (Phi) is 3.66. The highest BCUT2D eigenvalue weighted by atomic mass is 32.1. The summed E-state index contributed by atoms with van der Waals surface area (Å²) in [6.45, 7) is 6.43. The van der Waals surface area contributed by atoms with Gasteiger partial charge in [0.2, 0.25) is 0 Å². The Morgan fingerprint density at radius 3 is 2.73 bits per heavy atom. The first kappa shape index (κ1) is 15.0. The van der Waals surface area contributed by atoms with Crippen molar-refractivity contribution in [3.8, 4) is 10.6 Å². The number of thiophene rings is 1. The van der Waals surface area contributed by atoms with Crippen LogP contribution in [0.5, 0.6) is 0 Å². The van der Waals surface area contributed by atoms with Gasteiger partial charge in [-0.25, -0.2) is 9.78 Å². The molecule has 1 N–H and O–H groups in total. The number of rotatable bonds is 3. The summed E-state index contributed by atoms with van der Waals surface area (Å²) in [5.74, 6) is -0.959. The number of imidazole rings is 1. The second kappa shape index (κ2) is 5.37. The number of carbonyl (C=O) groups is 1. The van der Waals surface area contributed by atoms with Crippen LogP contribution < -0.4 is 0 Å². The molecule has 4 nitrogen and oxygen atoms in total. The Bertz CT molecular complexity index is 849. The number of aromatic nitrogens is 2. The maximum Gasteiger partial charge on any atom is 0.328 e. The van der Waals surface area contributed by atoms with Crippen molar-refractivity contribution in [1.29, 1.82) is 0 Å². The third kappa shape index (κ3) is 2.60. The number of nitrogens with zero attached hydrogens (tertiary/aromatic N) is 2. The Morgan fingerprint density at radius 2 is 2.14 bits per heavy atom. The standard InChI is InChI=1S/C16H16N2O2S2/c1-16(2,3)12-9-22-15-17-14(11-5-4-8-21-11)10(18(12)15)6-7-13(19)20/h4-9H,1-3H3,(H,19,20)/b7-6+. The van der Waals surface area contributed by atoms with E-state index >= 15 is 0 Å². The summed E-state index contributed by atoms with van der Waals surface area (Å²) in [5, 5.41) is 13.1. The summed E-state index contributed by atoms with van der Waals surface area (Å²) in [4.78, 5) is 17.6.